The van der Waals surface area contributed by atoms with Gasteiger partial charge in [-0.25, -0.2) is 0 Å². The average molecular weight is 269 g/mol. The lowest BCUT2D eigenvalue weighted by Crippen LogP contribution is -2.33. The number of carbonyl (C=O) groups excluding carboxylic acids is 1. The maximum absolute atomic E-state index is 11.2. The lowest BCUT2D eigenvalue weighted by atomic mass is 10.1. The van der Waals surface area contributed by atoms with E-state index in [1.807, 2.05) is 26.2 Å². The van der Waals surface area contributed by atoms with Crippen LogP contribution in [0, 0.1) is 0 Å². The predicted octanol–water partition coefficient (Wildman–Crippen LogP) is 2.93. The molecule has 1 aromatic carbocycles. The molecule has 1 aromatic rings. The standard InChI is InChI=1S/C14H21ClN2O/c1-4-8-17(10-9-16(2)3)14-7-5-6-13(15)12(14)11-18/h5-7,11H,4,8-10H2,1-3H3. The summed E-state index contributed by atoms with van der Waals surface area (Å²) in [5.41, 5.74) is 1.52. The molecular weight excluding hydrogens is 248 g/mol. The van der Waals surface area contributed by atoms with Crippen molar-refractivity contribution in [3.63, 3.8) is 0 Å². The average Bonchev–Trinajstić information content (AvgIpc) is 2.34. The van der Waals surface area contributed by atoms with Gasteiger partial charge in [0.25, 0.3) is 0 Å². The summed E-state index contributed by atoms with van der Waals surface area (Å²) in [7, 11) is 4.09. The number of hydrogen-bond acceptors (Lipinski definition) is 3. The van der Waals surface area contributed by atoms with E-state index < -0.39 is 0 Å². The molecule has 0 atom stereocenters. The monoisotopic (exact) mass is 268 g/mol. The smallest absolute Gasteiger partial charge is 0.153 e. The second-order valence-electron chi connectivity index (χ2n) is 4.58. The molecule has 0 fully saturated rings. The van der Waals surface area contributed by atoms with Crippen LogP contribution in [-0.2, 0) is 0 Å². The zero-order chi connectivity index (χ0) is 13.5. The van der Waals surface area contributed by atoms with Crippen molar-refractivity contribution in [1.29, 1.82) is 0 Å². The number of halogens is 1. The number of nitrogens with zero attached hydrogens (tertiary/aromatic N) is 2. The van der Waals surface area contributed by atoms with Crippen molar-refractivity contribution in [2.45, 2.75) is 13.3 Å². The maximum atomic E-state index is 11.2. The molecule has 18 heavy (non-hydrogen) atoms. The second kappa shape index (κ2) is 7.39. The van der Waals surface area contributed by atoms with Crippen LogP contribution in [0.3, 0.4) is 0 Å². The molecule has 0 aromatic heterocycles. The van der Waals surface area contributed by atoms with Crippen molar-refractivity contribution >= 4 is 23.6 Å². The van der Waals surface area contributed by atoms with E-state index in [0.29, 0.717) is 10.6 Å². The van der Waals surface area contributed by atoms with E-state index in [2.05, 4.69) is 16.7 Å². The molecule has 0 aliphatic rings. The van der Waals surface area contributed by atoms with Crippen molar-refractivity contribution in [1.82, 2.24) is 4.90 Å². The fraction of sp³-hybridized carbons (Fsp3) is 0.500. The van der Waals surface area contributed by atoms with Crippen molar-refractivity contribution in [2.24, 2.45) is 0 Å². The maximum Gasteiger partial charge on any atom is 0.153 e. The Morgan fingerprint density at radius 2 is 1.94 bits per heavy atom. The highest BCUT2D eigenvalue weighted by molar-refractivity contribution is 6.33. The Kier molecular flexibility index (Phi) is 6.16. The molecule has 0 amide bonds. The summed E-state index contributed by atoms with van der Waals surface area (Å²) < 4.78 is 0. The third-order valence-electron chi connectivity index (χ3n) is 2.80. The summed E-state index contributed by atoms with van der Waals surface area (Å²) in [5, 5.41) is 0.522. The molecule has 0 saturated carbocycles. The Morgan fingerprint density at radius 1 is 1.22 bits per heavy atom. The van der Waals surface area contributed by atoms with Crippen molar-refractivity contribution in [2.75, 3.05) is 38.6 Å². The molecule has 100 valence electrons. The number of hydrogen-bond donors (Lipinski definition) is 0. The lowest BCUT2D eigenvalue weighted by Gasteiger charge is -2.27. The summed E-state index contributed by atoms with van der Waals surface area (Å²) >= 11 is 6.07. The zero-order valence-corrected chi connectivity index (χ0v) is 12.1. The zero-order valence-electron chi connectivity index (χ0n) is 11.3. The van der Waals surface area contributed by atoms with Crippen molar-refractivity contribution in [3.05, 3.63) is 28.8 Å². The van der Waals surface area contributed by atoms with Gasteiger partial charge in [0.15, 0.2) is 6.29 Å². The highest BCUT2D eigenvalue weighted by atomic mass is 35.5. The van der Waals surface area contributed by atoms with Gasteiger partial charge in [0.05, 0.1) is 10.6 Å². The van der Waals surface area contributed by atoms with Gasteiger partial charge in [0.1, 0.15) is 0 Å². The molecule has 0 spiro atoms. The number of rotatable bonds is 7. The van der Waals surface area contributed by atoms with Crippen molar-refractivity contribution < 1.29 is 4.79 Å². The van der Waals surface area contributed by atoms with E-state index in [1.165, 1.54) is 0 Å². The topological polar surface area (TPSA) is 23.6 Å². The third kappa shape index (κ3) is 4.00. The fourth-order valence-corrected chi connectivity index (χ4v) is 2.08. The largest absolute Gasteiger partial charge is 0.370 e. The summed E-state index contributed by atoms with van der Waals surface area (Å²) in [6.45, 7) is 4.90. The number of benzene rings is 1. The summed E-state index contributed by atoms with van der Waals surface area (Å²) in [4.78, 5) is 15.5. The number of aldehydes is 1. The normalized spacial score (nSPS) is 10.7. The Hall–Kier alpha value is -1.06. The number of anilines is 1. The quantitative estimate of drug-likeness (QED) is 0.711. The van der Waals surface area contributed by atoms with Crippen LogP contribution in [0.25, 0.3) is 0 Å². The molecular formula is C14H21ClN2O. The van der Waals surface area contributed by atoms with Gasteiger partial charge >= 0.3 is 0 Å². The van der Waals surface area contributed by atoms with Gasteiger partial charge in [-0.05, 0) is 32.6 Å². The van der Waals surface area contributed by atoms with E-state index in [1.54, 1.807) is 6.07 Å². The Morgan fingerprint density at radius 3 is 2.50 bits per heavy atom. The van der Waals surface area contributed by atoms with Crippen LogP contribution in [0.15, 0.2) is 18.2 Å². The first-order valence-corrected chi connectivity index (χ1v) is 6.61. The first kappa shape index (κ1) is 15.0. The molecule has 0 unspecified atom stereocenters. The van der Waals surface area contributed by atoms with Crippen LogP contribution in [-0.4, -0.2) is 44.9 Å². The van der Waals surface area contributed by atoms with Gasteiger partial charge in [-0.2, -0.15) is 0 Å². The molecule has 0 N–H and O–H groups in total. The van der Waals surface area contributed by atoms with Gasteiger partial charge in [-0.1, -0.05) is 24.6 Å². The minimum atomic E-state index is 0.522. The summed E-state index contributed by atoms with van der Waals surface area (Å²) in [6.07, 6.45) is 1.88. The first-order valence-electron chi connectivity index (χ1n) is 6.23. The molecule has 0 bridgehead atoms. The Labute approximate surface area is 114 Å². The molecule has 0 saturated heterocycles. The SMILES string of the molecule is CCCN(CCN(C)C)c1cccc(Cl)c1C=O. The van der Waals surface area contributed by atoms with E-state index in [9.17, 15) is 4.79 Å². The fourth-order valence-electron chi connectivity index (χ4n) is 1.86. The van der Waals surface area contributed by atoms with E-state index in [-0.39, 0.29) is 0 Å². The van der Waals surface area contributed by atoms with E-state index in [4.69, 9.17) is 11.6 Å². The second-order valence-corrected chi connectivity index (χ2v) is 4.99. The van der Waals surface area contributed by atoms with Crippen LogP contribution in [0.1, 0.15) is 23.7 Å². The van der Waals surface area contributed by atoms with E-state index in [0.717, 1.165) is 38.0 Å². The van der Waals surface area contributed by atoms with Gasteiger partial charge in [-0.15, -0.1) is 0 Å². The van der Waals surface area contributed by atoms with Crippen LogP contribution in [0.5, 0.6) is 0 Å². The Balaban J connectivity index is 2.97. The first-order chi connectivity index (χ1) is 8.60. The van der Waals surface area contributed by atoms with Crippen LogP contribution in [0.2, 0.25) is 5.02 Å². The van der Waals surface area contributed by atoms with Crippen LogP contribution >= 0.6 is 11.6 Å². The predicted molar refractivity (Wildman–Crippen MR) is 77.9 cm³/mol. The Bertz CT molecular complexity index is 393. The molecule has 1 rings (SSSR count). The molecule has 0 aliphatic heterocycles. The molecule has 0 radical (unpaired) electrons. The summed E-state index contributed by atoms with van der Waals surface area (Å²) in [6, 6.07) is 5.61. The summed E-state index contributed by atoms with van der Waals surface area (Å²) in [5.74, 6) is 0. The highest BCUT2D eigenvalue weighted by Crippen LogP contribution is 2.26. The van der Waals surface area contributed by atoms with Gasteiger partial charge < -0.3 is 9.80 Å². The van der Waals surface area contributed by atoms with E-state index >= 15 is 0 Å². The molecule has 0 heterocycles. The van der Waals surface area contributed by atoms with Crippen LogP contribution in [0.4, 0.5) is 5.69 Å². The van der Waals surface area contributed by atoms with Crippen LogP contribution < -0.4 is 4.90 Å². The van der Waals surface area contributed by atoms with Crippen molar-refractivity contribution in [3.8, 4) is 0 Å². The minimum Gasteiger partial charge on any atom is -0.370 e. The van der Waals surface area contributed by atoms with Gasteiger partial charge in [-0.3, -0.25) is 4.79 Å². The lowest BCUT2D eigenvalue weighted by molar-refractivity contribution is 0.112. The molecule has 0 aliphatic carbocycles. The van der Waals surface area contributed by atoms with Gasteiger partial charge in [0, 0.05) is 25.3 Å². The highest BCUT2D eigenvalue weighted by Gasteiger charge is 2.12. The molecule has 4 heteroatoms. The minimum absolute atomic E-state index is 0.522. The third-order valence-corrected chi connectivity index (χ3v) is 3.13. The van der Waals surface area contributed by atoms with Gasteiger partial charge in [0.2, 0.25) is 0 Å². The number of likely N-dealkylation sites (N-methyl/N-ethyl adjacent to an activating group) is 1. The molecule has 3 nitrogen and oxygen atoms in total. The number of carbonyl (C=O) groups is 1.